The molecule has 0 radical (unpaired) electrons. The van der Waals surface area contributed by atoms with Crippen molar-refractivity contribution in [3.8, 4) is 5.75 Å². The molecule has 0 saturated carbocycles. The number of para-hydroxylation sites is 1. The van der Waals surface area contributed by atoms with Crippen molar-refractivity contribution in [2.24, 2.45) is 0 Å². The van der Waals surface area contributed by atoms with E-state index in [1.165, 1.54) is 24.5 Å². The molecule has 1 heterocycles. The van der Waals surface area contributed by atoms with Crippen LogP contribution >= 0.6 is 0 Å². The molecular weight excluding hydrogens is 289 g/mol. The summed E-state index contributed by atoms with van der Waals surface area (Å²) in [6.45, 7) is 1.38. The summed E-state index contributed by atoms with van der Waals surface area (Å²) in [6, 6.07) is 8.64. The predicted molar refractivity (Wildman–Crippen MR) is 77.2 cm³/mol. The molecule has 1 unspecified atom stereocenters. The first-order valence-electron chi connectivity index (χ1n) is 6.79. The minimum Gasteiger partial charge on any atom is -0.481 e. The van der Waals surface area contributed by atoms with Crippen molar-refractivity contribution in [2.75, 3.05) is 6.61 Å². The minimum atomic E-state index is -0.531. The van der Waals surface area contributed by atoms with Gasteiger partial charge in [0.15, 0.2) is 29.7 Å². The first kappa shape index (κ1) is 15.8. The topological polar surface area (TPSA) is 68.5 Å². The van der Waals surface area contributed by atoms with Gasteiger partial charge in [0.25, 0.3) is 5.91 Å². The lowest BCUT2D eigenvalue weighted by Gasteiger charge is -2.13. The van der Waals surface area contributed by atoms with Crippen molar-refractivity contribution < 1.29 is 23.1 Å². The maximum atomic E-state index is 13.3. The number of nitrogens with one attached hydrogen (secondary N) is 1. The van der Waals surface area contributed by atoms with Crippen LogP contribution in [0.15, 0.2) is 47.1 Å². The first-order valence-corrected chi connectivity index (χ1v) is 6.79. The molecule has 0 aliphatic heterocycles. The van der Waals surface area contributed by atoms with Crippen LogP contribution < -0.4 is 10.1 Å². The number of hydrogen-bond acceptors (Lipinski definition) is 4. The standard InChI is InChI=1S/C16H16FNO4/c1-11(9-13(19)15-7-4-8-21-15)18-16(20)10-22-14-6-3-2-5-12(14)17/h2-8,11H,9-10H2,1H3,(H,18,20). The van der Waals surface area contributed by atoms with E-state index in [1.807, 2.05) is 0 Å². The third kappa shape index (κ3) is 4.44. The monoisotopic (exact) mass is 305 g/mol. The van der Waals surface area contributed by atoms with Crippen molar-refractivity contribution in [1.29, 1.82) is 0 Å². The van der Waals surface area contributed by atoms with Gasteiger partial charge < -0.3 is 14.5 Å². The lowest BCUT2D eigenvalue weighted by molar-refractivity contribution is -0.123. The highest BCUT2D eigenvalue weighted by atomic mass is 19.1. The highest BCUT2D eigenvalue weighted by Gasteiger charge is 2.16. The van der Waals surface area contributed by atoms with Gasteiger partial charge in [-0.2, -0.15) is 0 Å². The van der Waals surface area contributed by atoms with Gasteiger partial charge in [-0.15, -0.1) is 0 Å². The molecule has 0 bridgehead atoms. The van der Waals surface area contributed by atoms with Gasteiger partial charge in [-0.3, -0.25) is 9.59 Å². The summed E-state index contributed by atoms with van der Waals surface area (Å²) in [4.78, 5) is 23.5. The van der Waals surface area contributed by atoms with Crippen LogP contribution in [-0.4, -0.2) is 24.3 Å². The van der Waals surface area contributed by atoms with Crippen LogP contribution in [0, 0.1) is 5.82 Å². The molecule has 2 aromatic rings. The summed E-state index contributed by atoms with van der Waals surface area (Å²) < 4.78 is 23.4. The fraction of sp³-hybridized carbons (Fsp3) is 0.250. The SMILES string of the molecule is CC(CC(=O)c1ccco1)NC(=O)COc1ccccc1F. The Bertz CT molecular complexity index is 639. The molecule has 0 fully saturated rings. The van der Waals surface area contributed by atoms with E-state index in [1.54, 1.807) is 25.1 Å². The van der Waals surface area contributed by atoms with E-state index in [9.17, 15) is 14.0 Å². The quantitative estimate of drug-likeness (QED) is 0.798. The van der Waals surface area contributed by atoms with E-state index in [2.05, 4.69) is 5.32 Å². The number of amides is 1. The number of halogens is 1. The van der Waals surface area contributed by atoms with Crippen molar-refractivity contribution in [3.63, 3.8) is 0 Å². The van der Waals surface area contributed by atoms with Gasteiger partial charge >= 0.3 is 0 Å². The van der Waals surface area contributed by atoms with E-state index < -0.39 is 11.7 Å². The minimum absolute atomic E-state index is 0.0111. The van der Waals surface area contributed by atoms with Crippen LogP contribution in [0.1, 0.15) is 23.9 Å². The molecule has 1 aromatic heterocycles. The molecule has 1 aromatic carbocycles. The van der Waals surface area contributed by atoms with Crippen LogP contribution in [0.3, 0.4) is 0 Å². The molecular formula is C16H16FNO4. The van der Waals surface area contributed by atoms with Crippen LogP contribution in [0.2, 0.25) is 0 Å². The van der Waals surface area contributed by atoms with Crippen LogP contribution in [0.25, 0.3) is 0 Å². The van der Waals surface area contributed by atoms with E-state index >= 15 is 0 Å². The molecule has 0 aliphatic rings. The second kappa shape index (κ2) is 7.40. The van der Waals surface area contributed by atoms with Crippen molar-refractivity contribution in [1.82, 2.24) is 5.32 Å². The van der Waals surface area contributed by atoms with E-state index in [4.69, 9.17) is 9.15 Å². The van der Waals surface area contributed by atoms with Crippen molar-refractivity contribution >= 4 is 11.7 Å². The van der Waals surface area contributed by atoms with E-state index in [-0.39, 0.29) is 36.4 Å². The second-order valence-corrected chi connectivity index (χ2v) is 4.79. The summed E-state index contributed by atoms with van der Waals surface area (Å²) in [6.07, 6.45) is 1.53. The normalized spacial score (nSPS) is 11.7. The fourth-order valence-electron chi connectivity index (χ4n) is 1.89. The lowest BCUT2D eigenvalue weighted by Crippen LogP contribution is -2.37. The van der Waals surface area contributed by atoms with E-state index in [0.717, 1.165) is 0 Å². The maximum absolute atomic E-state index is 13.3. The van der Waals surface area contributed by atoms with Gasteiger partial charge in [-0.05, 0) is 31.2 Å². The molecule has 1 amide bonds. The van der Waals surface area contributed by atoms with Crippen molar-refractivity contribution in [3.05, 3.63) is 54.2 Å². The second-order valence-electron chi connectivity index (χ2n) is 4.79. The molecule has 0 saturated heterocycles. The average molecular weight is 305 g/mol. The number of ketones is 1. The molecule has 1 N–H and O–H groups in total. The Labute approximate surface area is 127 Å². The third-order valence-electron chi connectivity index (χ3n) is 2.89. The number of rotatable bonds is 7. The van der Waals surface area contributed by atoms with Gasteiger partial charge in [-0.1, -0.05) is 12.1 Å². The Kier molecular flexibility index (Phi) is 5.30. The van der Waals surface area contributed by atoms with Gasteiger partial charge in [0.05, 0.1) is 6.26 Å². The predicted octanol–water partition coefficient (Wildman–Crippen LogP) is 2.58. The summed E-state index contributed by atoms with van der Waals surface area (Å²) >= 11 is 0. The maximum Gasteiger partial charge on any atom is 0.258 e. The highest BCUT2D eigenvalue weighted by molar-refractivity contribution is 5.94. The third-order valence-corrected chi connectivity index (χ3v) is 2.89. The summed E-state index contributed by atoms with van der Waals surface area (Å²) in [7, 11) is 0. The molecule has 6 heteroatoms. The number of furan rings is 1. The van der Waals surface area contributed by atoms with Gasteiger partial charge in [-0.25, -0.2) is 4.39 Å². The van der Waals surface area contributed by atoms with Crippen LogP contribution in [0.5, 0.6) is 5.75 Å². The number of carbonyl (C=O) groups is 2. The largest absolute Gasteiger partial charge is 0.481 e. The Balaban J connectivity index is 1.77. The first-order chi connectivity index (χ1) is 10.6. The van der Waals surface area contributed by atoms with Gasteiger partial charge in [0.1, 0.15) is 0 Å². The van der Waals surface area contributed by atoms with Crippen LogP contribution in [0.4, 0.5) is 4.39 Å². The number of benzene rings is 1. The summed E-state index contributed by atoms with van der Waals surface area (Å²) in [5, 5.41) is 2.61. The zero-order valence-corrected chi connectivity index (χ0v) is 12.0. The molecule has 5 nitrogen and oxygen atoms in total. The smallest absolute Gasteiger partial charge is 0.258 e. The van der Waals surface area contributed by atoms with E-state index in [0.29, 0.717) is 0 Å². The van der Waals surface area contributed by atoms with Gasteiger partial charge in [0, 0.05) is 12.5 Å². The Morgan fingerprint density at radius 3 is 2.73 bits per heavy atom. The van der Waals surface area contributed by atoms with Crippen LogP contribution in [-0.2, 0) is 4.79 Å². The molecule has 0 spiro atoms. The molecule has 0 aliphatic carbocycles. The number of hydrogen-bond donors (Lipinski definition) is 1. The van der Waals surface area contributed by atoms with Gasteiger partial charge in [0.2, 0.25) is 0 Å². The summed E-state index contributed by atoms with van der Waals surface area (Å²) in [5.41, 5.74) is 0. The Morgan fingerprint density at radius 1 is 1.27 bits per heavy atom. The number of ether oxygens (including phenoxy) is 1. The number of carbonyl (C=O) groups excluding carboxylic acids is 2. The molecule has 1 atom stereocenters. The zero-order chi connectivity index (χ0) is 15.9. The fourth-order valence-corrected chi connectivity index (χ4v) is 1.89. The molecule has 2 rings (SSSR count). The molecule has 22 heavy (non-hydrogen) atoms. The number of Topliss-reactive ketones (excluding diaryl/α,β-unsaturated/α-hetero) is 1. The average Bonchev–Trinajstić information content (AvgIpc) is 3.00. The van der Waals surface area contributed by atoms with Crippen molar-refractivity contribution in [2.45, 2.75) is 19.4 Å². The Hall–Kier alpha value is -2.63. The Morgan fingerprint density at radius 2 is 2.05 bits per heavy atom. The highest BCUT2D eigenvalue weighted by Crippen LogP contribution is 2.15. The zero-order valence-electron chi connectivity index (χ0n) is 12.0. The molecule has 116 valence electrons. The summed E-state index contributed by atoms with van der Waals surface area (Å²) in [5.74, 6) is -0.896. The lowest BCUT2D eigenvalue weighted by atomic mass is 10.1.